The van der Waals surface area contributed by atoms with Crippen LogP contribution in [0.25, 0.3) is 22.0 Å². The van der Waals surface area contributed by atoms with Crippen LogP contribution in [0, 0.1) is 11.3 Å². The molecule has 0 aliphatic carbocycles. The van der Waals surface area contributed by atoms with Crippen molar-refractivity contribution in [3.8, 4) is 22.9 Å². The SMILES string of the molecule is CC(C)(C)OC(=O)NC1CCN(c2ccnc3ccc(-c4cccc(C#N)c4O)cc23)CC1. The fraction of sp³-hybridized carbons (Fsp3) is 0.346. The van der Waals surface area contributed by atoms with Crippen LogP contribution in [0.5, 0.6) is 5.75 Å². The van der Waals surface area contributed by atoms with Crippen LogP contribution < -0.4 is 10.2 Å². The lowest BCUT2D eigenvalue weighted by Crippen LogP contribution is -2.46. The number of hydrogen-bond donors (Lipinski definition) is 2. The molecule has 1 fully saturated rings. The molecule has 1 aromatic heterocycles. The van der Waals surface area contributed by atoms with Crippen molar-refractivity contribution in [2.45, 2.75) is 45.3 Å². The van der Waals surface area contributed by atoms with E-state index in [0.717, 1.165) is 48.1 Å². The van der Waals surface area contributed by atoms with Crippen LogP contribution in [0.2, 0.25) is 0 Å². The molecule has 3 aromatic rings. The van der Waals surface area contributed by atoms with E-state index in [4.69, 9.17) is 4.74 Å². The molecule has 2 N–H and O–H groups in total. The van der Waals surface area contributed by atoms with Gasteiger partial charge in [-0.3, -0.25) is 4.98 Å². The molecule has 2 aromatic carbocycles. The summed E-state index contributed by atoms with van der Waals surface area (Å²) in [6.45, 7) is 7.15. The van der Waals surface area contributed by atoms with E-state index in [2.05, 4.69) is 15.2 Å². The zero-order valence-corrected chi connectivity index (χ0v) is 19.1. The Bertz CT molecular complexity index is 1220. The molecule has 1 aliphatic rings. The molecule has 0 unspecified atom stereocenters. The highest BCUT2D eigenvalue weighted by Gasteiger charge is 2.24. The summed E-state index contributed by atoms with van der Waals surface area (Å²) in [6, 6.07) is 15.1. The summed E-state index contributed by atoms with van der Waals surface area (Å²) < 4.78 is 5.38. The second kappa shape index (κ2) is 8.99. The number of nitrogens with zero attached hydrogens (tertiary/aromatic N) is 3. The number of anilines is 1. The number of nitrogens with one attached hydrogen (secondary N) is 1. The monoisotopic (exact) mass is 444 g/mol. The van der Waals surface area contributed by atoms with E-state index in [1.807, 2.05) is 51.1 Å². The lowest BCUT2D eigenvalue weighted by atomic mass is 9.98. The van der Waals surface area contributed by atoms with Gasteiger partial charge in [-0.05, 0) is 63.4 Å². The fourth-order valence-corrected chi connectivity index (χ4v) is 4.18. The third-order valence-electron chi connectivity index (χ3n) is 5.74. The summed E-state index contributed by atoms with van der Waals surface area (Å²) in [5.74, 6) is -0.0150. The largest absolute Gasteiger partial charge is 0.506 e. The highest BCUT2D eigenvalue weighted by Crippen LogP contribution is 2.36. The maximum absolute atomic E-state index is 12.1. The number of ether oxygens (including phenoxy) is 1. The van der Waals surface area contributed by atoms with Crippen LogP contribution in [-0.2, 0) is 4.74 Å². The van der Waals surface area contributed by atoms with Crippen LogP contribution in [0.1, 0.15) is 39.2 Å². The number of rotatable bonds is 3. The Balaban J connectivity index is 1.55. The molecule has 7 nitrogen and oxygen atoms in total. The number of hydrogen-bond acceptors (Lipinski definition) is 6. The minimum atomic E-state index is -0.514. The van der Waals surface area contributed by atoms with Crippen LogP contribution in [0.15, 0.2) is 48.7 Å². The van der Waals surface area contributed by atoms with Crippen molar-refractivity contribution in [2.24, 2.45) is 0 Å². The van der Waals surface area contributed by atoms with Crippen LogP contribution in [0.3, 0.4) is 0 Å². The number of phenols is 1. The van der Waals surface area contributed by atoms with Crippen molar-refractivity contribution in [1.29, 1.82) is 5.26 Å². The van der Waals surface area contributed by atoms with E-state index in [1.54, 1.807) is 24.4 Å². The number of benzene rings is 2. The summed E-state index contributed by atoms with van der Waals surface area (Å²) in [7, 11) is 0. The zero-order valence-electron chi connectivity index (χ0n) is 19.1. The molecule has 0 saturated carbocycles. The predicted octanol–water partition coefficient (Wildman–Crippen LogP) is 4.97. The van der Waals surface area contributed by atoms with Crippen molar-refractivity contribution in [3.05, 3.63) is 54.2 Å². The molecule has 7 heteroatoms. The summed E-state index contributed by atoms with van der Waals surface area (Å²) in [5.41, 5.74) is 3.10. The molecule has 33 heavy (non-hydrogen) atoms. The van der Waals surface area contributed by atoms with Gasteiger partial charge in [-0.2, -0.15) is 5.26 Å². The number of para-hydroxylation sites is 1. The van der Waals surface area contributed by atoms with Gasteiger partial charge in [-0.1, -0.05) is 18.2 Å². The maximum Gasteiger partial charge on any atom is 0.407 e. The molecule has 2 heterocycles. The Labute approximate surface area is 193 Å². The molecule has 1 aliphatic heterocycles. The Morgan fingerprint density at radius 1 is 1.21 bits per heavy atom. The number of piperidine rings is 1. The Morgan fingerprint density at radius 3 is 2.67 bits per heavy atom. The minimum absolute atomic E-state index is 0.0150. The Hall–Kier alpha value is -3.79. The van der Waals surface area contributed by atoms with E-state index < -0.39 is 5.60 Å². The van der Waals surface area contributed by atoms with Crippen LogP contribution >= 0.6 is 0 Å². The normalized spacial score (nSPS) is 14.7. The summed E-state index contributed by atoms with van der Waals surface area (Å²) in [6.07, 6.45) is 3.05. The third kappa shape index (κ3) is 5.01. The van der Waals surface area contributed by atoms with Gasteiger partial charge in [0.15, 0.2) is 0 Å². The average Bonchev–Trinajstić information content (AvgIpc) is 2.78. The van der Waals surface area contributed by atoms with Crippen molar-refractivity contribution < 1.29 is 14.6 Å². The van der Waals surface area contributed by atoms with Crippen molar-refractivity contribution in [3.63, 3.8) is 0 Å². The van der Waals surface area contributed by atoms with Crippen LogP contribution in [-0.4, -0.2) is 40.9 Å². The van der Waals surface area contributed by atoms with E-state index in [9.17, 15) is 15.2 Å². The number of phenolic OH excluding ortho intramolecular Hbond substituents is 1. The quantitative estimate of drug-likeness (QED) is 0.592. The summed E-state index contributed by atoms with van der Waals surface area (Å²) >= 11 is 0. The lowest BCUT2D eigenvalue weighted by Gasteiger charge is -2.34. The van der Waals surface area contributed by atoms with E-state index in [0.29, 0.717) is 5.56 Å². The fourth-order valence-electron chi connectivity index (χ4n) is 4.18. The highest BCUT2D eigenvalue weighted by atomic mass is 16.6. The first-order chi connectivity index (χ1) is 15.7. The number of nitriles is 1. The number of carbonyl (C=O) groups is 1. The Kier molecular flexibility index (Phi) is 6.10. The first-order valence-electron chi connectivity index (χ1n) is 11.1. The summed E-state index contributed by atoms with van der Waals surface area (Å²) in [4.78, 5) is 18.9. The molecule has 0 bridgehead atoms. The second-order valence-electron chi connectivity index (χ2n) is 9.28. The summed E-state index contributed by atoms with van der Waals surface area (Å²) in [5, 5.41) is 23.7. The lowest BCUT2D eigenvalue weighted by molar-refractivity contribution is 0.0497. The standard InChI is InChI=1S/C26H28N4O3/c1-26(2,3)33-25(32)29-19-10-13-30(14-11-19)23-9-12-28-22-8-7-17(15-21(22)23)20-6-4-5-18(16-27)24(20)31/h4-9,12,15,19,31H,10-11,13-14H2,1-3H3,(H,29,32). The number of amides is 1. The molecule has 170 valence electrons. The average molecular weight is 445 g/mol. The number of alkyl carbamates (subject to hydrolysis) is 1. The zero-order chi connectivity index (χ0) is 23.6. The van der Waals surface area contributed by atoms with E-state index in [1.165, 1.54) is 0 Å². The molecule has 0 atom stereocenters. The number of aromatic hydroxyl groups is 1. The number of aromatic nitrogens is 1. The topological polar surface area (TPSA) is 98.5 Å². The molecular weight excluding hydrogens is 416 g/mol. The third-order valence-corrected chi connectivity index (χ3v) is 5.74. The minimum Gasteiger partial charge on any atom is -0.506 e. The molecule has 4 rings (SSSR count). The molecule has 0 radical (unpaired) electrons. The maximum atomic E-state index is 12.1. The van der Waals surface area contributed by atoms with Crippen molar-refractivity contribution >= 4 is 22.7 Å². The van der Waals surface area contributed by atoms with Gasteiger partial charge >= 0.3 is 6.09 Å². The first kappa shape index (κ1) is 22.4. The van der Waals surface area contributed by atoms with Crippen molar-refractivity contribution in [1.82, 2.24) is 10.3 Å². The highest BCUT2D eigenvalue weighted by molar-refractivity contribution is 5.95. The van der Waals surface area contributed by atoms with Crippen LogP contribution in [0.4, 0.5) is 10.5 Å². The van der Waals surface area contributed by atoms with Gasteiger partial charge in [0.1, 0.15) is 17.4 Å². The predicted molar refractivity (Wildman–Crippen MR) is 128 cm³/mol. The van der Waals surface area contributed by atoms with Gasteiger partial charge in [0, 0.05) is 42.0 Å². The van der Waals surface area contributed by atoms with E-state index in [-0.39, 0.29) is 23.4 Å². The number of carbonyl (C=O) groups excluding carboxylic acids is 1. The number of fused-ring (bicyclic) bond motifs is 1. The smallest absolute Gasteiger partial charge is 0.407 e. The number of pyridine rings is 1. The first-order valence-corrected chi connectivity index (χ1v) is 11.1. The van der Waals surface area contributed by atoms with Gasteiger partial charge in [0.2, 0.25) is 0 Å². The van der Waals surface area contributed by atoms with Gasteiger partial charge < -0.3 is 20.1 Å². The van der Waals surface area contributed by atoms with Gasteiger partial charge in [0.25, 0.3) is 0 Å². The van der Waals surface area contributed by atoms with Gasteiger partial charge in [0.05, 0.1) is 11.1 Å². The Morgan fingerprint density at radius 2 is 1.97 bits per heavy atom. The molecule has 1 saturated heterocycles. The molecular formula is C26H28N4O3. The molecule has 1 amide bonds. The van der Waals surface area contributed by atoms with Gasteiger partial charge in [-0.15, -0.1) is 0 Å². The van der Waals surface area contributed by atoms with Crippen molar-refractivity contribution in [2.75, 3.05) is 18.0 Å². The molecule has 0 spiro atoms. The van der Waals surface area contributed by atoms with Gasteiger partial charge in [-0.25, -0.2) is 4.79 Å². The second-order valence-corrected chi connectivity index (χ2v) is 9.28. The van der Waals surface area contributed by atoms with E-state index >= 15 is 0 Å².